The first kappa shape index (κ1) is 17.2. The van der Waals surface area contributed by atoms with Crippen LogP contribution in [-0.2, 0) is 11.2 Å². The molecule has 0 aliphatic carbocycles. The Hall–Kier alpha value is -2.66. The van der Waals surface area contributed by atoms with E-state index in [0.717, 1.165) is 11.1 Å². The third-order valence-corrected chi connectivity index (χ3v) is 4.03. The molecule has 1 amide bonds. The Morgan fingerprint density at radius 3 is 2.60 bits per heavy atom. The van der Waals surface area contributed by atoms with E-state index in [-0.39, 0.29) is 11.9 Å². The molecule has 0 spiro atoms. The maximum atomic E-state index is 12.1. The van der Waals surface area contributed by atoms with Gasteiger partial charge in [0.05, 0.1) is 0 Å². The fraction of sp³-hybridized carbons (Fsp3) is 0.211. The summed E-state index contributed by atoms with van der Waals surface area (Å²) in [5.74, 6) is 0.789. The normalized spacial score (nSPS) is 11.9. The van der Waals surface area contributed by atoms with Crippen LogP contribution in [0.5, 0.6) is 0 Å². The lowest BCUT2D eigenvalue weighted by Gasteiger charge is -2.09. The number of hydrogen-bond acceptors (Lipinski definition) is 4. The molecule has 3 aromatic rings. The molecule has 2 aromatic carbocycles. The molecule has 0 aliphatic heterocycles. The zero-order chi connectivity index (χ0) is 17.6. The molecule has 1 atom stereocenters. The number of halogens is 1. The molecule has 3 rings (SSSR count). The summed E-state index contributed by atoms with van der Waals surface area (Å²) >= 11 is 5.87. The maximum Gasteiger partial charge on any atom is 0.249 e. The highest BCUT2D eigenvalue weighted by Gasteiger charge is 2.17. The molecule has 0 bridgehead atoms. The quantitative estimate of drug-likeness (QED) is 0.719. The number of nitrogens with one attached hydrogen (secondary N) is 1. The van der Waals surface area contributed by atoms with Crippen molar-refractivity contribution in [1.82, 2.24) is 15.5 Å². The number of aromatic nitrogens is 2. The van der Waals surface area contributed by atoms with Gasteiger partial charge in [0.1, 0.15) is 6.04 Å². The first-order valence-electron chi connectivity index (χ1n) is 8.04. The molecule has 6 heteroatoms. The van der Waals surface area contributed by atoms with Crippen LogP contribution in [0.4, 0.5) is 0 Å². The molecule has 0 fully saturated rings. The van der Waals surface area contributed by atoms with E-state index in [2.05, 4.69) is 15.5 Å². The number of nitrogens with zero attached hydrogens (tertiary/aromatic N) is 2. The van der Waals surface area contributed by atoms with E-state index in [4.69, 9.17) is 16.1 Å². The Morgan fingerprint density at radius 1 is 1.16 bits per heavy atom. The van der Waals surface area contributed by atoms with Crippen LogP contribution >= 0.6 is 11.6 Å². The minimum atomic E-state index is -0.350. The molecular weight excluding hydrogens is 338 g/mol. The Morgan fingerprint density at radius 2 is 1.88 bits per heavy atom. The van der Waals surface area contributed by atoms with Crippen molar-refractivity contribution in [1.29, 1.82) is 0 Å². The fourth-order valence-corrected chi connectivity index (χ4v) is 2.53. The molecule has 0 saturated heterocycles. The van der Waals surface area contributed by atoms with Crippen LogP contribution in [0.1, 0.15) is 30.8 Å². The van der Waals surface area contributed by atoms with Crippen molar-refractivity contribution in [2.45, 2.75) is 25.8 Å². The highest BCUT2D eigenvalue weighted by atomic mass is 35.5. The van der Waals surface area contributed by atoms with Crippen molar-refractivity contribution in [3.05, 3.63) is 71.1 Å². The average molecular weight is 356 g/mol. The number of amides is 1. The molecule has 5 nitrogen and oxygen atoms in total. The van der Waals surface area contributed by atoms with Gasteiger partial charge >= 0.3 is 0 Å². The second-order valence-electron chi connectivity index (χ2n) is 5.74. The lowest BCUT2D eigenvalue weighted by molar-refractivity contribution is -0.121. The van der Waals surface area contributed by atoms with E-state index in [0.29, 0.717) is 29.6 Å². The minimum Gasteiger partial charge on any atom is -0.345 e. The number of aryl methyl sites for hydroxylation is 1. The SMILES string of the molecule is C[C@@H](NC(=O)CCc1ccccc1)c1nc(-c2ccc(Cl)cc2)no1. The molecule has 0 unspecified atom stereocenters. The zero-order valence-corrected chi connectivity index (χ0v) is 14.5. The van der Waals surface area contributed by atoms with Crippen molar-refractivity contribution >= 4 is 17.5 Å². The van der Waals surface area contributed by atoms with E-state index in [1.807, 2.05) is 49.4 Å². The van der Waals surface area contributed by atoms with E-state index < -0.39 is 0 Å². The first-order chi connectivity index (χ1) is 12.1. The lowest BCUT2D eigenvalue weighted by Crippen LogP contribution is -2.27. The molecule has 0 aliphatic rings. The average Bonchev–Trinajstić information content (AvgIpc) is 3.12. The number of rotatable bonds is 6. The van der Waals surface area contributed by atoms with E-state index in [1.165, 1.54) is 0 Å². The topological polar surface area (TPSA) is 68.0 Å². The minimum absolute atomic E-state index is 0.0532. The highest BCUT2D eigenvalue weighted by molar-refractivity contribution is 6.30. The van der Waals surface area contributed by atoms with Gasteiger partial charge in [0.15, 0.2) is 0 Å². The second kappa shape index (κ2) is 7.94. The standard InChI is InChI=1S/C19H18ClN3O2/c1-13(21-17(24)12-7-14-5-3-2-4-6-14)19-22-18(23-25-19)15-8-10-16(20)11-9-15/h2-6,8-11,13H,7,12H2,1H3,(H,21,24)/t13-/m1/s1. The number of carbonyl (C=O) groups is 1. The van der Waals surface area contributed by atoms with Crippen molar-refractivity contribution < 1.29 is 9.32 Å². The van der Waals surface area contributed by atoms with Crippen LogP contribution in [0.2, 0.25) is 5.02 Å². The van der Waals surface area contributed by atoms with Crippen LogP contribution in [0, 0.1) is 0 Å². The molecule has 25 heavy (non-hydrogen) atoms. The first-order valence-corrected chi connectivity index (χ1v) is 8.42. The third kappa shape index (κ3) is 4.67. The van der Waals surface area contributed by atoms with Crippen LogP contribution < -0.4 is 5.32 Å². The summed E-state index contributed by atoms with van der Waals surface area (Å²) < 4.78 is 5.27. The molecular formula is C19H18ClN3O2. The zero-order valence-electron chi connectivity index (χ0n) is 13.8. The predicted octanol–water partition coefficient (Wildman–Crippen LogP) is 4.20. The number of benzene rings is 2. The summed E-state index contributed by atoms with van der Waals surface area (Å²) in [5, 5.41) is 7.49. The van der Waals surface area contributed by atoms with Crippen LogP contribution in [-0.4, -0.2) is 16.0 Å². The lowest BCUT2D eigenvalue weighted by atomic mass is 10.1. The Bertz CT molecular complexity index is 831. The Labute approximate surface area is 151 Å². The third-order valence-electron chi connectivity index (χ3n) is 3.78. The van der Waals surface area contributed by atoms with Crippen LogP contribution in [0.15, 0.2) is 59.1 Å². The van der Waals surface area contributed by atoms with Gasteiger partial charge in [0.2, 0.25) is 17.6 Å². The fourth-order valence-electron chi connectivity index (χ4n) is 2.41. The van der Waals surface area contributed by atoms with Gasteiger partial charge < -0.3 is 9.84 Å². The molecule has 1 aromatic heterocycles. The van der Waals surface area contributed by atoms with Gasteiger partial charge in [0.25, 0.3) is 0 Å². The van der Waals surface area contributed by atoms with Gasteiger partial charge in [-0.3, -0.25) is 4.79 Å². The van der Waals surface area contributed by atoms with E-state index >= 15 is 0 Å². The predicted molar refractivity (Wildman–Crippen MR) is 96.1 cm³/mol. The van der Waals surface area contributed by atoms with Crippen molar-refractivity contribution in [3.8, 4) is 11.4 Å². The summed E-state index contributed by atoms with van der Waals surface area (Å²) in [7, 11) is 0. The molecule has 0 radical (unpaired) electrons. The molecule has 128 valence electrons. The van der Waals surface area contributed by atoms with Gasteiger partial charge in [-0.15, -0.1) is 0 Å². The highest BCUT2D eigenvalue weighted by Crippen LogP contribution is 2.20. The molecule has 0 saturated carbocycles. The Balaban J connectivity index is 1.57. The summed E-state index contributed by atoms with van der Waals surface area (Å²) in [5.41, 5.74) is 1.94. The summed E-state index contributed by atoms with van der Waals surface area (Å²) in [4.78, 5) is 16.4. The van der Waals surface area contributed by atoms with Crippen molar-refractivity contribution in [3.63, 3.8) is 0 Å². The number of hydrogen-bond donors (Lipinski definition) is 1. The van der Waals surface area contributed by atoms with Crippen LogP contribution in [0.25, 0.3) is 11.4 Å². The second-order valence-corrected chi connectivity index (χ2v) is 6.17. The van der Waals surface area contributed by atoms with Crippen molar-refractivity contribution in [2.24, 2.45) is 0 Å². The van der Waals surface area contributed by atoms with Gasteiger partial charge in [-0.1, -0.05) is 47.1 Å². The van der Waals surface area contributed by atoms with Gasteiger partial charge in [-0.2, -0.15) is 4.98 Å². The van der Waals surface area contributed by atoms with Gasteiger partial charge in [0, 0.05) is 17.0 Å². The summed E-state index contributed by atoms with van der Waals surface area (Å²) in [6.45, 7) is 1.82. The van der Waals surface area contributed by atoms with Crippen molar-refractivity contribution in [2.75, 3.05) is 0 Å². The largest absolute Gasteiger partial charge is 0.345 e. The Kier molecular flexibility index (Phi) is 5.46. The monoisotopic (exact) mass is 355 g/mol. The van der Waals surface area contributed by atoms with E-state index in [1.54, 1.807) is 12.1 Å². The van der Waals surface area contributed by atoms with Crippen LogP contribution in [0.3, 0.4) is 0 Å². The van der Waals surface area contributed by atoms with Gasteiger partial charge in [-0.25, -0.2) is 0 Å². The van der Waals surface area contributed by atoms with E-state index in [9.17, 15) is 4.79 Å². The van der Waals surface area contributed by atoms with Gasteiger partial charge in [-0.05, 0) is 43.2 Å². The number of carbonyl (C=O) groups excluding carboxylic acids is 1. The summed E-state index contributed by atoms with van der Waals surface area (Å²) in [6, 6.07) is 16.7. The smallest absolute Gasteiger partial charge is 0.249 e. The molecule has 1 N–H and O–H groups in total. The molecule has 1 heterocycles. The maximum absolute atomic E-state index is 12.1. The summed E-state index contributed by atoms with van der Waals surface area (Å²) in [6.07, 6.45) is 1.10.